The number of carbonyl (C=O) groups is 3. The summed E-state index contributed by atoms with van der Waals surface area (Å²) in [4.78, 5) is 44.3. The van der Waals surface area contributed by atoms with Gasteiger partial charge in [0.05, 0.1) is 5.41 Å². The van der Waals surface area contributed by atoms with E-state index in [-0.39, 0.29) is 36.5 Å². The maximum absolute atomic E-state index is 14.9. The van der Waals surface area contributed by atoms with Gasteiger partial charge in [0, 0.05) is 5.56 Å². The molecule has 0 amide bonds. The van der Waals surface area contributed by atoms with Crippen LogP contribution in [0.2, 0.25) is 0 Å². The highest BCUT2D eigenvalue weighted by atomic mass is 16.3. The van der Waals surface area contributed by atoms with Crippen LogP contribution >= 0.6 is 0 Å². The lowest BCUT2D eigenvalue weighted by atomic mass is 9.38. The number of Topliss-reactive ketones (excluding diaryl/α,β-unsaturated/α-hetero) is 3. The monoisotopic (exact) mass is 602 g/mol. The molecule has 0 saturated heterocycles. The first kappa shape index (κ1) is 34.8. The molecule has 44 heavy (non-hydrogen) atoms. The van der Waals surface area contributed by atoms with Crippen LogP contribution < -0.4 is 0 Å². The normalized spacial score (nSPS) is 25.8. The third-order valence-corrected chi connectivity index (χ3v) is 9.82. The van der Waals surface area contributed by atoms with Crippen LogP contribution in [-0.4, -0.2) is 32.7 Å². The molecular weight excluding hydrogens is 552 g/mol. The molecule has 0 unspecified atom stereocenters. The first-order valence-corrected chi connectivity index (χ1v) is 15.6. The molecular formula is C38H50O6. The van der Waals surface area contributed by atoms with Gasteiger partial charge in [0.15, 0.2) is 28.8 Å². The number of aliphatic hydroxyl groups is 1. The predicted molar refractivity (Wildman–Crippen MR) is 176 cm³/mol. The Morgan fingerprint density at radius 1 is 0.818 bits per heavy atom. The van der Waals surface area contributed by atoms with E-state index in [1.807, 2.05) is 53.7 Å². The van der Waals surface area contributed by atoms with Gasteiger partial charge in [-0.1, -0.05) is 60.4 Å². The van der Waals surface area contributed by atoms with Crippen LogP contribution in [0.25, 0.3) is 5.76 Å². The molecule has 1 aromatic carbocycles. The van der Waals surface area contributed by atoms with E-state index in [9.17, 15) is 29.7 Å². The fourth-order valence-electron chi connectivity index (χ4n) is 6.86. The van der Waals surface area contributed by atoms with Gasteiger partial charge in [0.25, 0.3) is 0 Å². The number of phenolic OH excluding ortho intramolecular Hbond substituents is 2. The van der Waals surface area contributed by atoms with Crippen molar-refractivity contribution in [1.29, 1.82) is 0 Å². The van der Waals surface area contributed by atoms with Gasteiger partial charge in [-0.2, -0.15) is 0 Å². The zero-order valence-electron chi connectivity index (χ0n) is 27.9. The largest absolute Gasteiger partial charge is 0.506 e. The summed E-state index contributed by atoms with van der Waals surface area (Å²) in [5.41, 5.74) is 0.00501. The van der Waals surface area contributed by atoms with Crippen molar-refractivity contribution >= 4 is 23.1 Å². The smallest absolute Gasteiger partial charge is 0.184 e. The number of aliphatic hydroxyl groups excluding tert-OH is 1. The molecule has 3 rings (SSSR count). The van der Waals surface area contributed by atoms with Gasteiger partial charge in [0.2, 0.25) is 0 Å². The number of hydrogen-bond acceptors (Lipinski definition) is 6. The Balaban J connectivity index is 2.32. The van der Waals surface area contributed by atoms with Crippen LogP contribution in [0.5, 0.6) is 11.5 Å². The van der Waals surface area contributed by atoms with E-state index < -0.39 is 50.6 Å². The molecule has 0 spiro atoms. The molecule has 0 aliphatic heterocycles. The Morgan fingerprint density at radius 2 is 1.41 bits per heavy atom. The summed E-state index contributed by atoms with van der Waals surface area (Å²) in [6.45, 7) is 17.8. The Labute approximate surface area is 263 Å². The van der Waals surface area contributed by atoms with E-state index in [4.69, 9.17) is 0 Å². The van der Waals surface area contributed by atoms with Gasteiger partial charge in [-0.3, -0.25) is 14.4 Å². The van der Waals surface area contributed by atoms with Crippen molar-refractivity contribution < 1.29 is 29.7 Å². The van der Waals surface area contributed by atoms with E-state index in [1.165, 1.54) is 23.3 Å². The minimum Gasteiger partial charge on any atom is -0.506 e. The minimum atomic E-state index is -1.59. The molecule has 2 aliphatic rings. The van der Waals surface area contributed by atoms with Crippen LogP contribution in [0, 0.1) is 22.2 Å². The van der Waals surface area contributed by atoms with Crippen LogP contribution in [0.15, 0.2) is 70.4 Å². The summed E-state index contributed by atoms with van der Waals surface area (Å²) in [5.74, 6) is -3.36. The second kappa shape index (κ2) is 13.1. The van der Waals surface area contributed by atoms with E-state index >= 15 is 0 Å². The van der Waals surface area contributed by atoms with Crippen LogP contribution in [0.3, 0.4) is 0 Å². The predicted octanol–water partition coefficient (Wildman–Crippen LogP) is 8.90. The third kappa shape index (κ3) is 6.27. The summed E-state index contributed by atoms with van der Waals surface area (Å²) < 4.78 is 0. The van der Waals surface area contributed by atoms with Crippen molar-refractivity contribution in [1.82, 2.24) is 0 Å². The van der Waals surface area contributed by atoms with Gasteiger partial charge in [-0.25, -0.2) is 0 Å². The maximum Gasteiger partial charge on any atom is 0.184 e. The first-order chi connectivity index (χ1) is 20.4. The maximum atomic E-state index is 14.9. The summed E-state index contributed by atoms with van der Waals surface area (Å²) in [5, 5.41) is 31.5. The van der Waals surface area contributed by atoms with E-state index in [1.54, 1.807) is 0 Å². The average molecular weight is 603 g/mol. The summed E-state index contributed by atoms with van der Waals surface area (Å²) in [7, 11) is 0. The standard InChI is InChI=1S/C38H50O6/c1-23(2)11-10-12-26(7)13-15-28-22-37(19-17-24(3)4)33(42)31(32(41)27-14-16-29(39)30(40)21-27)34(43)38(35(37)44,36(28,8)9)20-18-25(5)6/h11,13-14,16-18,21,28,39-41H,10,12,15,19-20,22H2,1-9H3/b26-13+,32-31?/t28-,37-,38+/m0/s1. The minimum absolute atomic E-state index is 0.0171. The summed E-state index contributed by atoms with van der Waals surface area (Å²) in [6.07, 6.45) is 11.1. The topological polar surface area (TPSA) is 112 Å². The highest BCUT2D eigenvalue weighted by molar-refractivity contribution is 6.41. The number of ketones is 3. The van der Waals surface area contributed by atoms with Gasteiger partial charge in [-0.15, -0.1) is 0 Å². The molecule has 2 saturated carbocycles. The molecule has 0 heterocycles. The molecule has 3 N–H and O–H groups in total. The molecule has 2 aliphatic carbocycles. The number of aromatic hydroxyl groups is 2. The average Bonchev–Trinajstić information content (AvgIpc) is 2.92. The highest BCUT2D eigenvalue weighted by Gasteiger charge is 2.73. The Kier molecular flexibility index (Phi) is 10.4. The van der Waals surface area contributed by atoms with E-state index in [0.29, 0.717) is 6.42 Å². The molecule has 6 nitrogen and oxygen atoms in total. The van der Waals surface area contributed by atoms with Crippen molar-refractivity contribution in [2.75, 3.05) is 0 Å². The number of benzene rings is 1. The van der Waals surface area contributed by atoms with Gasteiger partial charge < -0.3 is 15.3 Å². The van der Waals surface area contributed by atoms with Gasteiger partial charge >= 0.3 is 0 Å². The van der Waals surface area contributed by atoms with Crippen LogP contribution in [0.1, 0.15) is 106 Å². The Bertz CT molecular complexity index is 1480. The fourth-order valence-corrected chi connectivity index (χ4v) is 6.86. The molecule has 2 fully saturated rings. The summed E-state index contributed by atoms with van der Waals surface area (Å²) >= 11 is 0. The van der Waals surface area contributed by atoms with Crippen molar-refractivity contribution in [3.05, 3.63) is 75.9 Å². The number of carbonyl (C=O) groups excluding carboxylic acids is 3. The lowest BCUT2D eigenvalue weighted by molar-refractivity contribution is -0.176. The molecule has 2 bridgehead atoms. The Hall–Kier alpha value is -3.67. The van der Waals surface area contributed by atoms with E-state index in [0.717, 1.165) is 30.1 Å². The third-order valence-electron chi connectivity index (χ3n) is 9.82. The fraction of sp³-hybridized carbons (Fsp3) is 0.500. The number of hydrogen-bond donors (Lipinski definition) is 3. The number of phenols is 2. The second-order valence-electron chi connectivity index (χ2n) is 14.1. The van der Waals surface area contributed by atoms with Crippen molar-refractivity contribution in [3.63, 3.8) is 0 Å². The molecule has 0 aromatic heterocycles. The number of rotatable bonds is 10. The summed E-state index contributed by atoms with van der Waals surface area (Å²) in [6, 6.07) is 3.65. The second-order valence-corrected chi connectivity index (χ2v) is 14.1. The lowest BCUT2D eigenvalue weighted by Gasteiger charge is -2.60. The number of fused-ring (bicyclic) bond motifs is 2. The van der Waals surface area contributed by atoms with Crippen LogP contribution in [-0.2, 0) is 14.4 Å². The zero-order chi connectivity index (χ0) is 33.2. The molecule has 6 heteroatoms. The molecule has 0 radical (unpaired) electrons. The van der Waals surface area contributed by atoms with Crippen LogP contribution in [0.4, 0.5) is 0 Å². The van der Waals surface area contributed by atoms with Crippen molar-refractivity contribution in [2.24, 2.45) is 22.2 Å². The lowest BCUT2D eigenvalue weighted by Crippen LogP contribution is -2.69. The highest BCUT2D eigenvalue weighted by Crippen LogP contribution is 2.65. The van der Waals surface area contributed by atoms with Crippen molar-refractivity contribution in [3.8, 4) is 11.5 Å². The zero-order valence-corrected chi connectivity index (χ0v) is 27.9. The van der Waals surface area contributed by atoms with Crippen molar-refractivity contribution in [2.45, 2.75) is 101 Å². The molecule has 1 aromatic rings. The van der Waals surface area contributed by atoms with Gasteiger partial charge in [0.1, 0.15) is 16.7 Å². The first-order valence-electron chi connectivity index (χ1n) is 15.6. The van der Waals surface area contributed by atoms with Gasteiger partial charge in [-0.05, 0) is 117 Å². The van der Waals surface area contributed by atoms with E-state index in [2.05, 4.69) is 32.9 Å². The molecule has 3 atom stereocenters. The SMILES string of the molecule is CC(C)=CCC/C(C)=C/C[C@H]1C[C@@]2(CC=C(C)C)C(=O)C(=C(O)c3ccc(O)c(O)c3)C(=O)[C@](CC=C(C)C)(C2=O)C1(C)C. The number of allylic oxidation sites excluding steroid dienone is 9. The Morgan fingerprint density at radius 3 is 1.98 bits per heavy atom. The molecule has 238 valence electrons. The quantitative estimate of drug-likeness (QED) is 0.0616.